The molecule has 0 N–H and O–H groups in total. The number of para-hydroxylation sites is 1. The van der Waals surface area contributed by atoms with Gasteiger partial charge in [-0.3, -0.25) is 4.79 Å². The van der Waals surface area contributed by atoms with E-state index in [4.69, 9.17) is 0 Å². The minimum absolute atomic E-state index is 0.147. The van der Waals surface area contributed by atoms with Gasteiger partial charge in [-0.25, -0.2) is 0 Å². The second-order valence-electron chi connectivity index (χ2n) is 6.89. The van der Waals surface area contributed by atoms with Gasteiger partial charge in [0.25, 0.3) is 0 Å². The van der Waals surface area contributed by atoms with E-state index in [2.05, 4.69) is 35.2 Å². The molecule has 0 aromatic heterocycles. The Kier molecular flexibility index (Phi) is 6.24. The Balaban J connectivity index is 1.48. The van der Waals surface area contributed by atoms with E-state index in [1.54, 1.807) is 6.92 Å². The third-order valence-electron chi connectivity index (χ3n) is 5.08. The first-order valence-corrected chi connectivity index (χ1v) is 9.35. The van der Waals surface area contributed by atoms with E-state index in [1.165, 1.54) is 12.0 Å². The normalized spacial score (nSPS) is 15.9. The highest BCUT2D eigenvalue weighted by molar-refractivity contribution is 5.92. The SMILES string of the molecule is CC(=O)N(c1ccccc1)C1CCN(CCCc2ccccc2)CC1. The number of hydrogen-bond donors (Lipinski definition) is 0. The number of amides is 1. The van der Waals surface area contributed by atoms with Crippen LogP contribution in [0.4, 0.5) is 5.69 Å². The number of piperidine rings is 1. The zero-order valence-electron chi connectivity index (χ0n) is 15.1. The maximum atomic E-state index is 12.2. The van der Waals surface area contributed by atoms with Crippen molar-refractivity contribution in [2.45, 2.75) is 38.6 Å². The van der Waals surface area contributed by atoms with Gasteiger partial charge in [0.15, 0.2) is 0 Å². The monoisotopic (exact) mass is 336 g/mol. The lowest BCUT2D eigenvalue weighted by molar-refractivity contribution is -0.117. The summed E-state index contributed by atoms with van der Waals surface area (Å²) in [6.07, 6.45) is 4.45. The highest BCUT2D eigenvalue weighted by Gasteiger charge is 2.27. The smallest absolute Gasteiger partial charge is 0.224 e. The van der Waals surface area contributed by atoms with Crippen LogP contribution in [-0.4, -0.2) is 36.5 Å². The summed E-state index contributed by atoms with van der Waals surface area (Å²) in [5, 5.41) is 0. The Morgan fingerprint density at radius 1 is 1.00 bits per heavy atom. The molecule has 2 aromatic carbocycles. The van der Waals surface area contributed by atoms with Crippen LogP contribution in [0.2, 0.25) is 0 Å². The Hall–Kier alpha value is -2.13. The van der Waals surface area contributed by atoms with Crippen LogP contribution in [0.1, 0.15) is 31.7 Å². The molecule has 1 amide bonds. The van der Waals surface area contributed by atoms with Gasteiger partial charge in [-0.05, 0) is 49.9 Å². The molecule has 0 spiro atoms. The predicted octanol–water partition coefficient (Wildman–Crippen LogP) is 4.14. The van der Waals surface area contributed by atoms with Crippen molar-refractivity contribution in [1.82, 2.24) is 4.90 Å². The molecular formula is C22H28N2O. The van der Waals surface area contributed by atoms with Crippen molar-refractivity contribution in [3.63, 3.8) is 0 Å². The van der Waals surface area contributed by atoms with Gasteiger partial charge >= 0.3 is 0 Å². The van der Waals surface area contributed by atoms with Crippen LogP contribution in [0, 0.1) is 0 Å². The van der Waals surface area contributed by atoms with Gasteiger partial charge in [0, 0.05) is 31.7 Å². The third kappa shape index (κ3) is 4.93. The standard InChI is InChI=1S/C22H28N2O/c1-19(25)24(21-12-6-3-7-13-21)22-14-17-23(18-15-22)16-8-11-20-9-4-2-5-10-20/h2-7,9-10,12-13,22H,8,11,14-18H2,1H3. The zero-order valence-corrected chi connectivity index (χ0v) is 15.1. The number of carbonyl (C=O) groups excluding carboxylic acids is 1. The third-order valence-corrected chi connectivity index (χ3v) is 5.08. The van der Waals surface area contributed by atoms with Crippen LogP contribution >= 0.6 is 0 Å². The zero-order chi connectivity index (χ0) is 17.5. The number of hydrogen-bond acceptors (Lipinski definition) is 2. The van der Waals surface area contributed by atoms with Crippen LogP contribution in [0.5, 0.6) is 0 Å². The molecule has 1 saturated heterocycles. The molecule has 3 rings (SSSR count). The molecule has 25 heavy (non-hydrogen) atoms. The number of carbonyl (C=O) groups is 1. The highest BCUT2D eigenvalue weighted by atomic mass is 16.2. The summed E-state index contributed by atoms with van der Waals surface area (Å²) in [6, 6.07) is 21.1. The van der Waals surface area contributed by atoms with Gasteiger partial charge in [-0.2, -0.15) is 0 Å². The van der Waals surface area contributed by atoms with Crippen molar-refractivity contribution in [3.05, 3.63) is 66.2 Å². The van der Waals surface area contributed by atoms with Crippen LogP contribution in [0.3, 0.4) is 0 Å². The van der Waals surface area contributed by atoms with Gasteiger partial charge in [0.05, 0.1) is 0 Å². The maximum absolute atomic E-state index is 12.2. The van der Waals surface area contributed by atoms with Gasteiger partial charge in [0.1, 0.15) is 0 Å². The molecular weight excluding hydrogens is 308 g/mol. The van der Waals surface area contributed by atoms with Gasteiger partial charge < -0.3 is 9.80 Å². The van der Waals surface area contributed by atoms with E-state index in [9.17, 15) is 4.79 Å². The molecule has 0 radical (unpaired) electrons. The Bertz CT molecular complexity index is 648. The molecule has 1 heterocycles. The molecule has 0 aliphatic carbocycles. The fourth-order valence-corrected chi connectivity index (χ4v) is 3.79. The summed E-state index contributed by atoms with van der Waals surface area (Å²) in [5.41, 5.74) is 2.45. The van der Waals surface area contributed by atoms with Crippen molar-refractivity contribution in [3.8, 4) is 0 Å². The Morgan fingerprint density at radius 2 is 1.60 bits per heavy atom. The molecule has 0 atom stereocenters. The number of nitrogens with zero attached hydrogens (tertiary/aromatic N) is 2. The van der Waals surface area contributed by atoms with Crippen molar-refractivity contribution in [1.29, 1.82) is 0 Å². The fraction of sp³-hybridized carbons (Fsp3) is 0.409. The van der Waals surface area contributed by atoms with Gasteiger partial charge in [0.2, 0.25) is 5.91 Å². The summed E-state index contributed by atoms with van der Waals surface area (Å²) in [7, 11) is 0. The lowest BCUT2D eigenvalue weighted by Gasteiger charge is -2.38. The molecule has 1 aliphatic heterocycles. The number of aryl methyl sites for hydroxylation is 1. The number of rotatable bonds is 6. The topological polar surface area (TPSA) is 23.6 Å². The van der Waals surface area contributed by atoms with Crippen molar-refractivity contribution in [2.75, 3.05) is 24.5 Å². The average molecular weight is 336 g/mol. The first-order valence-electron chi connectivity index (χ1n) is 9.35. The van der Waals surface area contributed by atoms with Crippen molar-refractivity contribution >= 4 is 11.6 Å². The number of likely N-dealkylation sites (tertiary alicyclic amines) is 1. The quantitative estimate of drug-likeness (QED) is 0.791. The van der Waals surface area contributed by atoms with E-state index >= 15 is 0 Å². The molecule has 3 heteroatoms. The van der Waals surface area contributed by atoms with Crippen LogP contribution < -0.4 is 4.90 Å². The molecule has 1 aliphatic rings. The maximum Gasteiger partial charge on any atom is 0.224 e. The molecule has 0 unspecified atom stereocenters. The van der Waals surface area contributed by atoms with Crippen LogP contribution in [0.15, 0.2) is 60.7 Å². The van der Waals surface area contributed by atoms with Crippen molar-refractivity contribution in [2.24, 2.45) is 0 Å². The first-order chi connectivity index (χ1) is 12.2. The van der Waals surface area contributed by atoms with Gasteiger partial charge in [-0.15, -0.1) is 0 Å². The van der Waals surface area contributed by atoms with E-state index in [0.29, 0.717) is 6.04 Å². The second-order valence-corrected chi connectivity index (χ2v) is 6.89. The number of anilines is 1. The predicted molar refractivity (Wildman–Crippen MR) is 104 cm³/mol. The summed E-state index contributed by atoms with van der Waals surface area (Å²) in [5.74, 6) is 0.147. The summed E-state index contributed by atoms with van der Waals surface area (Å²) in [6.45, 7) is 4.98. The van der Waals surface area contributed by atoms with E-state index in [1.807, 2.05) is 35.2 Å². The molecule has 3 nitrogen and oxygen atoms in total. The largest absolute Gasteiger partial charge is 0.310 e. The molecule has 0 saturated carbocycles. The minimum atomic E-state index is 0.147. The Morgan fingerprint density at radius 3 is 2.20 bits per heavy atom. The van der Waals surface area contributed by atoms with Crippen LogP contribution in [-0.2, 0) is 11.2 Å². The first kappa shape index (κ1) is 17.7. The summed E-state index contributed by atoms with van der Waals surface area (Å²) in [4.78, 5) is 16.7. The molecule has 1 fully saturated rings. The van der Waals surface area contributed by atoms with E-state index in [0.717, 1.165) is 44.6 Å². The van der Waals surface area contributed by atoms with Crippen LogP contribution in [0.25, 0.3) is 0 Å². The van der Waals surface area contributed by atoms with E-state index < -0.39 is 0 Å². The molecule has 132 valence electrons. The van der Waals surface area contributed by atoms with Crippen molar-refractivity contribution < 1.29 is 4.79 Å². The lowest BCUT2D eigenvalue weighted by Crippen LogP contribution is -2.47. The molecule has 2 aromatic rings. The Labute approximate surface area is 151 Å². The lowest BCUT2D eigenvalue weighted by atomic mass is 10.0. The highest BCUT2D eigenvalue weighted by Crippen LogP contribution is 2.24. The molecule has 0 bridgehead atoms. The summed E-state index contributed by atoms with van der Waals surface area (Å²) >= 11 is 0. The minimum Gasteiger partial charge on any atom is -0.310 e. The summed E-state index contributed by atoms with van der Waals surface area (Å²) < 4.78 is 0. The number of benzene rings is 2. The average Bonchev–Trinajstić information content (AvgIpc) is 2.65. The fourth-order valence-electron chi connectivity index (χ4n) is 3.79. The van der Waals surface area contributed by atoms with E-state index in [-0.39, 0.29) is 5.91 Å². The van der Waals surface area contributed by atoms with Gasteiger partial charge in [-0.1, -0.05) is 48.5 Å². The second kappa shape index (κ2) is 8.82.